The summed E-state index contributed by atoms with van der Waals surface area (Å²) in [5.74, 6) is 0.498. The molecule has 1 saturated heterocycles. The summed E-state index contributed by atoms with van der Waals surface area (Å²) in [4.78, 5) is 7.80. The van der Waals surface area contributed by atoms with Crippen LogP contribution in [-0.2, 0) is 10.0 Å². The maximum Gasteiger partial charge on any atom is 0.224 e. The van der Waals surface area contributed by atoms with Crippen molar-refractivity contribution in [1.29, 1.82) is 0 Å². The first-order valence-corrected chi connectivity index (χ1v) is 8.08. The molecule has 0 bridgehead atoms. The monoisotopic (exact) mass is 305 g/mol. The van der Waals surface area contributed by atoms with E-state index in [0.29, 0.717) is 37.4 Å². The molecule has 2 heterocycles. The average Bonchev–Trinajstić information content (AvgIpc) is 2.33. The molecule has 0 saturated carbocycles. The molecule has 0 unspecified atom stereocenters. The van der Waals surface area contributed by atoms with Gasteiger partial charge in [-0.3, -0.25) is 0 Å². The van der Waals surface area contributed by atoms with Crippen molar-refractivity contribution in [2.45, 2.75) is 18.9 Å². The van der Waals surface area contributed by atoms with Crippen LogP contribution in [0.1, 0.15) is 12.8 Å². The molecule has 106 valence electrons. The van der Waals surface area contributed by atoms with E-state index in [1.54, 1.807) is 0 Å². The fourth-order valence-electron chi connectivity index (χ4n) is 2.01. The Bertz CT molecular complexity index is 557. The number of piperidine rings is 1. The van der Waals surface area contributed by atoms with Crippen molar-refractivity contribution in [1.82, 2.24) is 14.3 Å². The highest BCUT2D eigenvalue weighted by Gasteiger charge is 2.25. The SMILES string of the molecule is CS(=O)(=O)N1CCC(Nc2nc(Cl)ncc2N)CC1. The molecule has 0 amide bonds. The van der Waals surface area contributed by atoms with Crippen LogP contribution in [-0.4, -0.2) is 48.1 Å². The van der Waals surface area contributed by atoms with Crippen molar-refractivity contribution < 1.29 is 8.42 Å². The minimum atomic E-state index is -3.10. The standard InChI is InChI=1S/C10H16ClN5O2S/c1-19(17,18)16-4-2-7(3-5-16)14-9-8(12)6-13-10(11)15-9/h6-7H,2-5,12H2,1H3,(H,13,14,15). The van der Waals surface area contributed by atoms with Crippen LogP contribution >= 0.6 is 11.6 Å². The number of sulfonamides is 1. The van der Waals surface area contributed by atoms with E-state index in [-0.39, 0.29) is 11.3 Å². The van der Waals surface area contributed by atoms with Crippen LogP contribution in [0.4, 0.5) is 11.5 Å². The Labute approximate surface area is 117 Å². The fraction of sp³-hybridized carbons (Fsp3) is 0.600. The first kappa shape index (κ1) is 14.3. The van der Waals surface area contributed by atoms with Crippen molar-refractivity contribution in [2.75, 3.05) is 30.4 Å². The number of aromatic nitrogens is 2. The summed E-state index contributed by atoms with van der Waals surface area (Å²) in [7, 11) is -3.10. The minimum absolute atomic E-state index is 0.130. The summed E-state index contributed by atoms with van der Waals surface area (Å²) in [6.07, 6.45) is 4.08. The number of nitrogens with two attached hydrogens (primary N) is 1. The fourth-order valence-corrected chi connectivity index (χ4v) is 3.02. The Morgan fingerprint density at radius 3 is 2.68 bits per heavy atom. The molecule has 0 spiro atoms. The summed E-state index contributed by atoms with van der Waals surface area (Å²) < 4.78 is 24.3. The molecule has 1 aliphatic heterocycles. The topological polar surface area (TPSA) is 101 Å². The average molecular weight is 306 g/mol. The molecule has 19 heavy (non-hydrogen) atoms. The third-order valence-corrected chi connectivity index (χ3v) is 4.54. The van der Waals surface area contributed by atoms with E-state index in [0.717, 1.165) is 0 Å². The van der Waals surface area contributed by atoms with Crippen LogP contribution < -0.4 is 11.1 Å². The van der Waals surface area contributed by atoms with Gasteiger partial charge >= 0.3 is 0 Å². The first-order chi connectivity index (χ1) is 8.86. The summed E-state index contributed by atoms with van der Waals surface area (Å²) >= 11 is 5.71. The van der Waals surface area contributed by atoms with Gasteiger partial charge in [-0.05, 0) is 24.4 Å². The molecule has 1 fully saturated rings. The minimum Gasteiger partial charge on any atom is -0.394 e. The number of rotatable bonds is 3. The van der Waals surface area contributed by atoms with Gasteiger partial charge in [-0.15, -0.1) is 0 Å². The van der Waals surface area contributed by atoms with Crippen molar-refractivity contribution in [3.8, 4) is 0 Å². The highest BCUT2D eigenvalue weighted by molar-refractivity contribution is 7.88. The number of anilines is 2. The largest absolute Gasteiger partial charge is 0.394 e. The van der Waals surface area contributed by atoms with Gasteiger partial charge in [0.1, 0.15) is 0 Å². The molecular weight excluding hydrogens is 290 g/mol. The number of nitrogen functional groups attached to an aromatic ring is 1. The molecule has 1 aromatic heterocycles. The lowest BCUT2D eigenvalue weighted by molar-refractivity contribution is 0.331. The lowest BCUT2D eigenvalue weighted by atomic mass is 10.1. The molecule has 2 rings (SSSR count). The van der Waals surface area contributed by atoms with E-state index < -0.39 is 10.0 Å². The predicted octanol–water partition coefficient (Wildman–Crippen LogP) is 0.548. The Hall–Kier alpha value is -1.12. The summed E-state index contributed by atoms with van der Waals surface area (Å²) in [5.41, 5.74) is 6.18. The maximum atomic E-state index is 11.4. The van der Waals surface area contributed by atoms with Gasteiger partial charge in [0.25, 0.3) is 0 Å². The second-order valence-corrected chi connectivity index (χ2v) is 6.84. The molecule has 1 aromatic rings. The van der Waals surface area contributed by atoms with Crippen LogP contribution in [0.25, 0.3) is 0 Å². The van der Waals surface area contributed by atoms with E-state index in [9.17, 15) is 8.42 Å². The van der Waals surface area contributed by atoms with Gasteiger partial charge in [0.05, 0.1) is 18.1 Å². The van der Waals surface area contributed by atoms with Crippen molar-refractivity contribution in [3.05, 3.63) is 11.5 Å². The highest BCUT2D eigenvalue weighted by atomic mass is 35.5. The van der Waals surface area contributed by atoms with Gasteiger partial charge in [-0.2, -0.15) is 4.98 Å². The molecule has 0 atom stereocenters. The molecule has 0 radical (unpaired) electrons. The zero-order valence-electron chi connectivity index (χ0n) is 10.5. The lowest BCUT2D eigenvalue weighted by Crippen LogP contribution is -2.42. The molecule has 7 nitrogen and oxygen atoms in total. The number of nitrogens with zero attached hydrogens (tertiary/aromatic N) is 3. The number of hydrogen-bond acceptors (Lipinski definition) is 6. The van der Waals surface area contributed by atoms with Gasteiger partial charge < -0.3 is 11.1 Å². The number of halogens is 1. The summed E-state index contributed by atoms with van der Waals surface area (Å²) in [6, 6.07) is 0.131. The van der Waals surface area contributed by atoms with Crippen LogP contribution in [0, 0.1) is 0 Å². The first-order valence-electron chi connectivity index (χ1n) is 5.86. The Balaban J connectivity index is 1.98. The Kier molecular flexibility index (Phi) is 4.12. The second kappa shape index (κ2) is 5.48. The second-order valence-electron chi connectivity index (χ2n) is 4.52. The third kappa shape index (κ3) is 3.68. The quantitative estimate of drug-likeness (QED) is 0.791. The molecule has 0 aromatic carbocycles. The van der Waals surface area contributed by atoms with Gasteiger partial charge in [-0.1, -0.05) is 0 Å². The maximum absolute atomic E-state index is 11.4. The van der Waals surface area contributed by atoms with Gasteiger partial charge in [0.2, 0.25) is 15.3 Å². The molecular formula is C10H16ClN5O2S. The van der Waals surface area contributed by atoms with Gasteiger partial charge in [0.15, 0.2) is 5.82 Å². The zero-order valence-corrected chi connectivity index (χ0v) is 12.1. The highest BCUT2D eigenvalue weighted by Crippen LogP contribution is 2.21. The van der Waals surface area contributed by atoms with Crippen LogP contribution in [0.15, 0.2) is 6.20 Å². The van der Waals surface area contributed by atoms with Crippen molar-refractivity contribution in [2.24, 2.45) is 0 Å². The van der Waals surface area contributed by atoms with E-state index in [2.05, 4.69) is 15.3 Å². The van der Waals surface area contributed by atoms with E-state index >= 15 is 0 Å². The molecule has 9 heteroatoms. The van der Waals surface area contributed by atoms with Crippen LogP contribution in [0.3, 0.4) is 0 Å². The molecule has 0 aliphatic carbocycles. The Morgan fingerprint density at radius 1 is 1.47 bits per heavy atom. The zero-order chi connectivity index (χ0) is 14.0. The lowest BCUT2D eigenvalue weighted by Gasteiger charge is -2.31. The summed E-state index contributed by atoms with van der Waals surface area (Å²) in [6.45, 7) is 0.991. The van der Waals surface area contributed by atoms with Crippen LogP contribution in [0.5, 0.6) is 0 Å². The van der Waals surface area contributed by atoms with Crippen molar-refractivity contribution >= 4 is 33.1 Å². The van der Waals surface area contributed by atoms with Crippen LogP contribution in [0.2, 0.25) is 5.28 Å². The predicted molar refractivity (Wildman–Crippen MR) is 74.5 cm³/mol. The van der Waals surface area contributed by atoms with Gasteiger partial charge in [0, 0.05) is 19.1 Å². The van der Waals surface area contributed by atoms with Crippen molar-refractivity contribution in [3.63, 3.8) is 0 Å². The normalized spacial score (nSPS) is 18.4. The third-order valence-electron chi connectivity index (χ3n) is 3.05. The number of hydrogen-bond donors (Lipinski definition) is 2. The van der Waals surface area contributed by atoms with Gasteiger partial charge in [-0.25, -0.2) is 17.7 Å². The van der Waals surface area contributed by atoms with E-state index in [1.165, 1.54) is 16.8 Å². The van der Waals surface area contributed by atoms with E-state index in [4.69, 9.17) is 17.3 Å². The molecule has 1 aliphatic rings. The Morgan fingerprint density at radius 2 is 2.11 bits per heavy atom. The summed E-state index contributed by atoms with van der Waals surface area (Å²) in [5, 5.41) is 3.31. The number of nitrogens with one attached hydrogen (secondary N) is 1. The smallest absolute Gasteiger partial charge is 0.224 e. The molecule has 3 N–H and O–H groups in total. The van der Waals surface area contributed by atoms with E-state index in [1.807, 2.05) is 0 Å².